The lowest BCUT2D eigenvalue weighted by molar-refractivity contribution is -0.123. The first kappa shape index (κ1) is 21.3. The highest BCUT2D eigenvalue weighted by atomic mass is 32.2. The molecule has 156 valence electrons. The number of hydrogen-bond acceptors (Lipinski definition) is 4. The number of hydrogen-bond donors (Lipinski definition) is 2. The van der Waals surface area contributed by atoms with E-state index in [0.717, 1.165) is 22.4 Å². The topological polar surface area (TPSA) is 84.5 Å². The SMILES string of the molecule is CCOc1ccccc1-c1ccc(C2NC(=O)CCC2NS(=O)(=O)C(C)C)cc1. The smallest absolute Gasteiger partial charge is 0.220 e. The minimum absolute atomic E-state index is 0.0687. The summed E-state index contributed by atoms with van der Waals surface area (Å²) in [4.78, 5) is 12.0. The Kier molecular flexibility index (Phi) is 6.59. The number of rotatable bonds is 7. The van der Waals surface area contributed by atoms with Crippen molar-refractivity contribution in [1.29, 1.82) is 0 Å². The average Bonchev–Trinajstić information content (AvgIpc) is 2.70. The predicted octanol–water partition coefficient (Wildman–Crippen LogP) is 3.40. The van der Waals surface area contributed by atoms with Gasteiger partial charge >= 0.3 is 0 Å². The minimum Gasteiger partial charge on any atom is -0.493 e. The summed E-state index contributed by atoms with van der Waals surface area (Å²) in [5, 5.41) is 2.42. The van der Waals surface area contributed by atoms with Crippen molar-refractivity contribution in [2.75, 3.05) is 6.61 Å². The molecule has 1 heterocycles. The number of para-hydroxylation sites is 1. The molecule has 1 aliphatic heterocycles. The van der Waals surface area contributed by atoms with Gasteiger partial charge in [0.15, 0.2) is 0 Å². The van der Waals surface area contributed by atoms with Gasteiger partial charge in [0, 0.05) is 18.0 Å². The van der Waals surface area contributed by atoms with Crippen molar-refractivity contribution in [1.82, 2.24) is 10.0 Å². The summed E-state index contributed by atoms with van der Waals surface area (Å²) in [5.74, 6) is 0.747. The van der Waals surface area contributed by atoms with Gasteiger partial charge in [-0.15, -0.1) is 0 Å². The highest BCUT2D eigenvalue weighted by molar-refractivity contribution is 7.90. The van der Waals surface area contributed by atoms with Crippen molar-refractivity contribution in [2.45, 2.75) is 50.9 Å². The summed E-state index contributed by atoms with van der Waals surface area (Å²) in [6.07, 6.45) is 0.777. The number of piperidine rings is 1. The van der Waals surface area contributed by atoms with Crippen molar-refractivity contribution >= 4 is 15.9 Å². The molecule has 0 radical (unpaired) electrons. The molecule has 7 heteroatoms. The molecule has 0 aliphatic carbocycles. The molecule has 1 aliphatic rings. The molecule has 6 nitrogen and oxygen atoms in total. The van der Waals surface area contributed by atoms with Gasteiger partial charge in [-0.05, 0) is 44.4 Å². The molecule has 29 heavy (non-hydrogen) atoms. The van der Waals surface area contributed by atoms with Crippen molar-refractivity contribution < 1.29 is 17.9 Å². The average molecular weight is 417 g/mol. The van der Waals surface area contributed by atoms with Gasteiger partial charge < -0.3 is 10.1 Å². The first-order chi connectivity index (χ1) is 13.8. The summed E-state index contributed by atoms with van der Waals surface area (Å²) in [6, 6.07) is 14.9. The van der Waals surface area contributed by atoms with Crippen LogP contribution in [0.5, 0.6) is 5.75 Å². The fourth-order valence-electron chi connectivity index (χ4n) is 3.45. The molecular formula is C22H28N2O4S. The van der Waals surface area contributed by atoms with Crippen LogP contribution >= 0.6 is 0 Å². The second-order valence-electron chi connectivity index (χ2n) is 7.45. The molecule has 1 saturated heterocycles. The fourth-order valence-corrected chi connectivity index (χ4v) is 4.39. The molecule has 0 bridgehead atoms. The molecule has 2 atom stereocenters. The Morgan fingerprint density at radius 1 is 1.14 bits per heavy atom. The Bertz CT molecular complexity index is 955. The number of amides is 1. The third kappa shape index (κ3) is 4.97. The highest BCUT2D eigenvalue weighted by Crippen LogP contribution is 2.32. The van der Waals surface area contributed by atoms with Crippen molar-refractivity contribution in [3.05, 3.63) is 54.1 Å². The van der Waals surface area contributed by atoms with Gasteiger partial charge in [-0.25, -0.2) is 13.1 Å². The molecule has 2 N–H and O–H groups in total. The van der Waals surface area contributed by atoms with Crippen molar-refractivity contribution in [3.8, 4) is 16.9 Å². The van der Waals surface area contributed by atoms with E-state index >= 15 is 0 Å². The first-order valence-corrected chi connectivity index (χ1v) is 11.5. The summed E-state index contributed by atoms with van der Waals surface area (Å²) in [6.45, 7) is 5.82. The van der Waals surface area contributed by atoms with Crippen LogP contribution in [-0.4, -0.2) is 32.2 Å². The van der Waals surface area contributed by atoms with Gasteiger partial charge in [-0.1, -0.05) is 42.5 Å². The van der Waals surface area contributed by atoms with E-state index in [9.17, 15) is 13.2 Å². The first-order valence-electron chi connectivity index (χ1n) is 9.94. The molecule has 0 saturated carbocycles. The number of benzene rings is 2. The van der Waals surface area contributed by atoms with E-state index in [4.69, 9.17) is 4.74 Å². The molecule has 0 aromatic heterocycles. The van der Waals surface area contributed by atoms with Gasteiger partial charge in [0.05, 0.1) is 17.9 Å². The van der Waals surface area contributed by atoms with E-state index < -0.39 is 21.3 Å². The summed E-state index contributed by atoms with van der Waals surface area (Å²) in [7, 11) is -3.44. The van der Waals surface area contributed by atoms with Crippen LogP contribution in [0.4, 0.5) is 0 Å². The van der Waals surface area contributed by atoms with Gasteiger partial charge in [0.1, 0.15) is 5.75 Å². The third-order valence-corrected chi connectivity index (χ3v) is 6.98. The van der Waals surface area contributed by atoms with E-state index in [2.05, 4.69) is 10.0 Å². The molecule has 2 aromatic carbocycles. The maximum absolute atomic E-state index is 12.4. The van der Waals surface area contributed by atoms with Gasteiger partial charge in [-0.2, -0.15) is 0 Å². The zero-order valence-electron chi connectivity index (χ0n) is 17.0. The van der Waals surface area contributed by atoms with E-state index in [-0.39, 0.29) is 11.9 Å². The molecule has 0 spiro atoms. The number of sulfonamides is 1. The highest BCUT2D eigenvalue weighted by Gasteiger charge is 2.33. The summed E-state index contributed by atoms with van der Waals surface area (Å²) in [5.41, 5.74) is 2.86. The van der Waals surface area contributed by atoms with Crippen LogP contribution < -0.4 is 14.8 Å². The number of ether oxygens (including phenoxy) is 1. The minimum atomic E-state index is -3.44. The van der Waals surface area contributed by atoms with Crippen molar-refractivity contribution in [3.63, 3.8) is 0 Å². The van der Waals surface area contributed by atoms with Gasteiger partial charge in [-0.3, -0.25) is 4.79 Å². The second kappa shape index (κ2) is 8.97. The third-order valence-electron chi connectivity index (χ3n) is 5.11. The van der Waals surface area contributed by atoms with Crippen LogP contribution in [-0.2, 0) is 14.8 Å². The lowest BCUT2D eigenvalue weighted by Gasteiger charge is -2.33. The summed E-state index contributed by atoms with van der Waals surface area (Å²) < 4.78 is 33.2. The van der Waals surface area contributed by atoms with E-state index in [1.54, 1.807) is 13.8 Å². The lowest BCUT2D eigenvalue weighted by Crippen LogP contribution is -2.51. The maximum atomic E-state index is 12.4. The number of nitrogens with one attached hydrogen (secondary N) is 2. The number of carbonyl (C=O) groups excluding carboxylic acids is 1. The maximum Gasteiger partial charge on any atom is 0.220 e. The Morgan fingerprint density at radius 2 is 1.83 bits per heavy atom. The standard InChI is InChI=1S/C22H28N2O4S/c1-4-28-20-8-6-5-7-18(20)16-9-11-17(12-10-16)22-19(13-14-21(25)23-22)24-29(26,27)15(2)3/h5-12,15,19,22,24H,4,13-14H2,1-3H3,(H,23,25). The molecule has 2 aromatic rings. The molecule has 2 unspecified atom stereocenters. The summed E-state index contributed by atoms with van der Waals surface area (Å²) >= 11 is 0. The Balaban J connectivity index is 1.87. The van der Waals surface area contributed by atoms with E-state index in [1.165, 1.54) is 0 Å². The monoisotopic (exact) mass is 416 g/mol. The second-order valence-corrected chi connectivity index (χ2v) is 9.72. The fraction of sp³-hybridized carbons (Fsp3) is 0.409. The zero-order chi connectivity index (χ0) is 21.0. The largest absolute Gasteiger partial charge is 0.493 e. The Hall–Kier alpha value is -2.38. The van der Waals surface area contributed by atoms with Gasteiger partial charge in [0.25, 0.3) is 0 Å². The number of carbonyl (C=O) groups is 1. The molecule has 1 fully saturated rings. The molecular weight excluding hydrogens is 388 g/mol. The van der Waals surface area contributed by atoms with E-state index in [0.29, 0.717) is 19.4 Å². The molecule has 3 rings (SSSR count). The van der Waals surface area contributed by atoms with Crippen LogP contribution in [0, 0.1) is 0 Å². The van der Waals surface area contributed by atoms with Crippen LogP contribution in [0.15, 0.2) is 48.5 Å². The van der Waals surface area contributed by atoms with Crippen LogP contribution in [0.2, 0.25) is 0 Å². The zero-order valence-corrected chi connectivity index (χ0v) is 17.8. The quantitative estimate of drug-likeness (QED) is 0.725. The van der Waals surface area contributed by atoms with Crippen LogP contribution in [0.3, 0.4) is 0 Å². The molecule has 1 amide bonds. The van der Waals surface area contributed by atoms with Crippen LogP contribution in [0.1, 0.15) is 45.2 Å². The normalized spacial score (nSPS) is 19.8. The Morgan fingerprint density at radius 3 is 2.48 bits per heavy atom. The van der Waals surface area contributed by atoms with E-state index in [1.807, 2.05) is 55.5 Å². The van der Waals surface area contributed by atoms with Crippen molar-refractivity contribution in [2.24, 2.45) is 0 Å². The lowest BCUT2D eigenvalue weighted by atomic mass is 9.91. The Labute approximate surface area is 172 Å². The van der Waals surface area contributed by atoms with Crippen LogP contribution in [0.25, 0.3) is 11.1 Å². The predicted molar refractivity (Wildman–Crippen MR) is 114 cm³/mol. The van der Waals surface area contributed by atoms with Gasteiger partial charge in [0.2, 0.25) is 15.9 Å².